The monoisotopic (exact) mass is 454 g/mol. The van der Waals surface area contributed by atoms with Crippen LogP contribution in [0.3, 0.4) is 0 Å². The molecule has 0 saturated heterocycles. The second kappa shape index (κ2) is 10.7. The van der Waals surface area contributed by atoms with Gasteiger partial charge >= 0.3 is 0 Å². The Hall–Kier alpha value is -1.31. The molecule has 1 N–H and O–H groups in total. The number of hydrogen-bond donors (Lipinski definition) is 1. The number of nitrogens with one attached hydrogen (secondary N) is 1. The van der Waals surface area contributed by atoms with Gasteiger partial charge in [0.1, 0.15) is 6.04 Å². The molecule has 1 heterocycles. The van der Waals surface area contributed by atoms with E-state index in [1.165, 1.54) is 0 Å². The number of nitrogens with zero attached hydrogens (tertiary/aromatic N) is 1. The van der Waals surface area contributed by atoms with Gasteiger partial charge in [-0.3, -0.25) is 9.59 Å². The van der Waals surface area contributed by atoms with Crippen molar-refractivity contribution in [1.29, 1.82) is 0 Å². The van der Waals surface area contributed by atoms with E-state index >= 15 is 0 Å². The SMILES string of the molecule is CCN(Cc1cccs1)C(=O)C(CCSC)NC(=O)c1ccccc1Br. The van der Waals surface area contributed by atoms with Crippen molar-refractivity contribution in [2.24, 2.45) is 0 Å². The number of halogens is 1. The Labute approximate surface area is 171 Å². The van der Waals surface area contributed by atoms with Gasteiger partial charge in [0.05, 0.1) is 12.1 Å². The van der Waals surface area contributed by atoms with Crippen molar-refractivity contribution in [2.45, 2.75) is 25.9 Å². The van der Waals surface area contributed by atoms with E-state index in [4.69, 9.17) is 0 Å². The number of benzene rings is 1. The average molecular weight is 455 g/mol. The molecule has 0 aliphatic heterocycles. The zero-order valence-corrected chi connectivity index (χ0v) is 18.1. The van der Waals surface area contributed by atoms with Crippen molar-refractivity contribution in [3.63, 3.8) is 0 Å². The summed E-state index contributed by atoms with van der Waals surface area (Å²) in [5.74, 6) is 0.544. The molecule has 0 aliphatic carbocycles. The number of carbonyl (C=O) groups is 2. The number of thiophene rings is 1. The molecule has 2 amide bonds. The van der Waals surface area contributed by atoms with Crippen molar-refractivity contribution in [2.75, 3.05) is 18.6 Å². The summed E-state index contributed by atoms with van der Waals surface area (Å²) in [5, 5.41) is 4.94. The Kier molecular flexibility index (Phi) is 8.68. The summed E-state index contributed by atoms with van der Waals surface area (Å²) < 4.78 is 0.722. The van der Waals surface area contributed by atoms with Crippen LogP contribution in [-0.2, 0) is 11.3 Å². The summed E-state index contributed by atoms with van der Waals surface area (Å²) in [7, 11) is 0. The Morgan fingerprint density at radius 2 is 2.04 bits per heavy atom. The van der Waals surface area contributed by atoms with Crippen LogP contribution in [0.25, 0.3) is 0 Å². The van der Waals surface area contributed by atoms with Crippen molar-refractivity contribution < 1.29 is 9.59 Å². The van der Waals surface area contributed by atoms with E-state index in [2.05, 4.69) is 21.2 Å². The smallest absolute Gasteiger partial charge is 0.253 e. The molecule has 2 aromatic rings. The number of likely N-dealkylation sites (N-methyl/N-ethyl adjacent to an activating group) is 1. The minimum absolute atomic E-state index is 0.0321. The molecule has 0 fully saturated rings. The van der Waals surface area contributed by atoms with Crippen LogP contribution in [0.1, 0.15) is 28.6 Å². The predicted octanol–water partition coefficient (Wildman–Crippen LogP) is 4.41. The van der Waals surface area contributed by atoms with Crippen molar-refractivity contribution in [3.05, 3.63) is 56.7 Å². The molecule has 1 unspecified atom stereocenters. The average Bonchev–Trinajstić information content (AvgIpc) is 3.16. The lowest BCUT2D eigenvalue weighted by Crippen LogP contribution is -2.48. The third-order valence-electron chi connectivity index (χ3n) is 3.95. The first-order valence-electron chi connectivity index (χ1n) is 8.42. The molecule has 1 aromatic heterocycles. The molecule has 0 saturated carbocycles. The van der Waals surface area contributed by atoms with Gasteiger partial charge in [-0.15, -0.1) is 11.3 Å². The fourth-order valence-corrected chi connectivity index (χ4v) is 4.19. The largest absolute Gasteiger partial charge is 0.340 e. The molecule has 4 nitrogen and oxygen atoms in total. The van der Waals surface area contributed by atoms with Gasteiger partial charge in [0, 0.05) is 15.9 Å². The first kappa shape index (κ1) is 21.0. The maximum absolute atomic E-state index is 13.1. The Balaban J connectivity index is 2.12. The van der Waals surface area contributed by atoms with Crippen LogP contribution in [0, 0.1) is 0 Å². The van der Waals surface area contributed by atoms with Gasteiger partial charge in [-0.25, -0.2) is 0 Å². The van der Waals surface area contributed by atoms with E-state index in [1.807, 2.05) is 48.9 Å². The van der Waals surface area contributed by atoms with E-state index in [0.717, 1.165) is 15.1 Å². The third-order valence-corrected chi connectivity index (χ3v) is 6.15. The summed E-state index contributed by atoms with van der Waals surface area (Å²) in [6, 6.07) is 10.7. The molecular weight excluding hydrogens is 432 g/mol. The van der Waals surface area contributed by atoms with Crippen LogP contribution in [0.2, 0.25) is 0 Å². The fraction of sp³-hybridized carbons (Fsp3) is 0.368. The highest BCUT2D eigenvalue weighted by molar-refractivity contribution is 9.10. The first-order chi connectivity index (χ1) is 12.6. The Morgan fingerprint density at radius 1 is 1.27 bits per heavy atom. The minimum atomic E-state index is -0.526. The Morgan fingerprint density at radius 3 is 2.65 bits per heavy atom. The zero-order valence-electron chi connectivity index (χ0n) is 14.9. The molecular formula is C19H23BrN2O2S2. The third kappa shape index (κ3) is 5.86. The number of carbonyl (C=O) groups excluding carboxylic acids is 2. The first-order valence-corrected chi connectivity index (χ1v) is 11.5. The van der Waals surface area contributed by atoms with Gasteiger partial charge in [-0.1, -0.05) is 18.2 Å². The molecule has 26 heavy (non-hydrogen) atoms. The summed E-state index contributed by atoms with van der Waals surface area (Å²) >= 11 is 6.70. The van der Waals surface area contributed by atoms with E-state index in [0.29, 0.717) is 25.1 Å². The van der Waals surface area contributed by atoms with E-state index in [-0.39, 0.29) is 11.8 Å². The minimum Gasteiger partial charge on any atom is -0.340 e. The lowest BCUT2D eigenvalue weighted by molar-refractivity contribution is -0.133. The predicted molar refractivity (Wildman–Crippen MR) is 114 cm³/mol. The maximum Gasteiger partial charge on any atom is 0.253 e. The lowest BCUT2D eigenvalue weighted by Gasteiger charge is -2.26. The topological polar surface area (TPSA) is 49.4 Å². The van der Waals surface area contributed by atoms with E-state index in [1.54, 1.807) is 34.1 Å². The summed E-state index contributed by atoms with van der Waals surface area (Å²) in [6.07, 6.45) is 2.61. The second-order valence-electron chi connectivity index (χ2n) is 5.72. The van der Waals surface area contributed by atoms with Crippen LogP contribution in [0.15, 0.2) is 46.3 Å². The molecule has 1 aromatic carbocycles. The Bertz CT molecular complexity index is 722. The van der Waals surface area contributed by atoms with Crippen LogP contribution in [0.4, 0.5) is 0 Å². The second-order valence-corrected chi connectivity index (χ2v) is 8.59. The zero-order chi connectivity index (χ0) is 18.9. The highest BCUT2D eigenvalue weighted by Gasteiger charge is 2.26. The van der Waals surface area contributed by atoms with Gasteiger partial charge in [0.15, 0.2) is 0 Å². The summed E-state index contributed by atoms with van der Waals surface area (Å²) in [5.41, 5.74) is 0.538. The number of rotatable bonds is 9. The van der Waals surface area contributed by atoms with Crippen molar-refractivity contribution >= 4 is 50.8 Å². The van der Waals surface area contributed by atoms with Gasteiger partial charge in [0.2, 0.25) is 5.91 Å². The number of amides is 2. The van der Waals surface area contributed by atoms with Gasteiger partial charge < -0.3 is 10.2 Å². The quantitative estimate of drug-likeness (QED) is 0.610. The molecule has 0 bridgehead atoms. The number of thioether (sulfide) groups is 1. The molecule has 1 atom stereocenters. The highest BCUT2D eigenvalue weighted by Crippen LogP contribution is 2.17. The van der Waals surface area contributed by atoms with Crippen LogP contribution in [0.5, 0.6) is 0 Å². The van der Waals surface area contributed by atoms with E-state index in [9.17, 15) is 9.59 Å². The number of hydrogen-bond acceptors (Lipinski definition) is 4. The molecule has 0 spiro atoms. The standard InChI is InChI=1S/C19H23BrN2O2S2/c1-3-22(13-14-7-6-11-26-14)19(24)17(10-12-25-2)21-18(23)15-8-4-5-9-16(15)20/h4-9,11,17H,3,10,12-13H2,1-2H3,(H,21,23). The summed E-state index contributed by atoms with van der Waals surface area (Å²) in [4.78, 5) is 28.7. The summed E-state index contributed by atoms with van der Waals surface area (Å²) in [6.45, 7) is 3.15. The lowest BCUT2D eigenvalue weighted by atomic mass is 10.1. The normalized spacial score (nSPS) is 11.8. The van der Waals surface area contributed by atoms with Crippen LogP contribution in [-0.4, -0.2) is 41.3 Å². The van der Waals surface area contributed by atoms with Crippen LogP contribution >= 0.6 is 39.0 Å². The van der Waals surface area contributed by atoms with Crippen molar-refractivity contribution in [3.8, 4) is 0 Å². The maximum atomic E-state index is 13.1. The molecule has 7 heteroatoms. The fourth-order valence-electron chi connectivity index (χ4n) is 2.53. The van der Waals surface area contributed by atoms with Crippen LogP contribution < -0.4 is 5.32 Å². The van der Waals surface area contributed by atoms with Gasteiger partial charge in [-0.05, 0) is 64.9 Å². The van der Waals surface area contributed by atoms with E-state index < -0.39 is 6.04 Å². The van der Waals surface area contributed by atoms with Gasteiger partial charge in [0.25, 0.3) is 5.91 Å². The molecule has 2 rings (SSSR count). The highest BCUT2D eigenvalue weighted by atomic mass is 79.9. The molecule has 0 radical (unpaired) electrons. The van der Waals surface area contributed by atoms with Gasteiger partial charge in [-0.2, -0.15) is 11.8 Å². The molecule has 140 valence electrons. The van der Waals surface area contributed by atoms with Crippen molar-refractivity contribution in [1.82, 2.24) is 10.2 Å². The molecule has 0 aliphatic rings.